The van der Waals surface area contributed by atoms with Crippen LogP contribution in [0.25, 0.3) is 6.08 Å². The van der Waals surface area contributed by atoms with Gasteiger partial charge in [-0.25, -0.2) is 4.79 Å². The topological polar surface area (TPSA) is 71.1 Å². The van der Waals surface area contributed by atoms with Crippen molar-refractivity contribution in [1.29, 1.82) is 0 Å². The highest BCUT2D eigenvalue weighted by Crippen LogP contribution is 2.34. The van der Waals surface area contributed by atoms with Crippen LogP contribution in [0.2, 0.25) is 0 Å². The highest BCUT2D eigenvalue weighted by molar-refractivity contribution is 6.15. The van der Waals surface area contributed by atoms with Crippen LogP contribution in [0.5, 0.6) is 17.2 Å². The van der Waals surface area contributed by atoms with E-state index in [4.69, 9.17) is 14.2 Å². The summed E-state index contributed by atoms with van der Waals surface area (Å²) in [5.41, 5.74) is 1.36. The average Bonchev–Trinajstić information content (AvgIpc) is 2.97. The van der Waals surface area contributed by atoms with Gasteiger partial charge in [-0.3, -0.25) is 4.79 Å². The second kappa shape index (κ2) is 7.31. The van der Waals surface area contributed by atoms with Crippen LogP contribution in [0.4, 0.5) is 0 Å². The number of ketones is 1. The van der Waals surface area contributed by atoms with Gasteiger partial charge in [0.1, 0.15) is 5.75 Å². The van der Waals surface area contributed by atoms with Crippen molar-refractivity contribution in [2.45, 2.75) is 6.92 Å². The monoisotopic (exact) mass is 354 g/mol. The first-order valence-electron chi connectivity index (χ1n) is 8.04. The van der Waals surface area contributed by atoms with Crippen molar-refractivity contribution >= 4 is 17.8 Å². The van der Waals surface area contributed by atoms with Gasteiger partial charge >= 0.3 is 5.97 Å². The lowest BCUT2D eigenvalue weighted by Crippen LogP contribution is -2.03. The number of hydrogen-bond donors (Lipinski definition) is 0. The molecule has 6 nitrogen and oxygen atoms in total. The number of fused-ring (bicyclic) bond motifs is 1. The molecule has 0 unspecified atom stereocenters. The molecule has 1 heterocycles. The number of benzene rings is 2. The molecule has 26 heavy (non-hydrogen) atoms. The fourth-order valence-electron chi connectivity index (χ4n) is 2.63. The number of carbonyl (C=O) groups excluding carboxylic acids is 2. The lowest BCUT2D eigenvalue weighted by molar-refractivity contribution is 0.0600. The van der Waals surface area contributed by atoms with Gasteiger partial charge in [0.15, 0.2) is 17.3 Å². The minimum atomic E-state index is -0.505. The second-order valence-corrected chi connectivity index (χ2v) is 5.49. The zero-order valence-electron chi connectivity index (χ0n) is 14.7. The Bertz CT molecular complexity index is 897. The number of allylic oxidation sites excluding steroid dienone is 1. The quantitative estimate of drug-likeness (QED) is 0.605. The first kappa shape index (κ1) is 17.5. The Morgan fingerprint density at radius 3 is 2.62 bits per heavy atom. The first-order valence-corrected chi connectivity index (χ1v) is 8.04. The number of methoxy groups -OCH3 is 2. The molecule has 6 heteroatoms. The molecular weight excluding hydrogens is 336 g/mol. The van der Waals surface area contributed by atoms with Crippen molar-refractivity contribution in [2.24, 2.45) is 0 Å². The highest BCUT2D eigenvalue weighted by Gasteiger charge is 2.28. The Morgan fingerprint density at radius 2 is 1.92 bits per heavy atom. The van der Waals surface area contributed by atoms with E-state index in [0.29, 0.717) is 35.0 Å². The Balaban J connectivity index is 1.91. The third kappa shape index (κ3) is 3.26. The van der Waals surface area contributed by atoms with Crippen LogP contribution in [-0.2, 0) is 4.74 Å². The van der Waals surface area contributed by atoms with E-state index in [1.54, 1.807) is 43.5 Å². The third-order valence-corrected chi connectivity index (χ3v) is 3.87. The molecular formula is C20H18O6. The fraction of sp³-hybridized carbons (Fsp3) is 0.200. The molecule has 0 aromatic heterocycles. The SMILES string of the molecule is CCOc1ccc(/C=C2\Oc3ccc(C(=O)OC)cc3C2=O)cc1OC. The smallest absolute Gasteiger partial charge is 0.337 e. The van der Waals surface area contributed by atoms with Gasteiger partial charge in [-0.2, -0.15) is 0 Å². The predicted octanol–water partition coefficient (Wildman–Crippen LogP) is 3.50. The molecule has 0 saturated carbocycles. The van der Waals surface area contributed by atoms with Gasteiger partial charge in [0.25, 0.3) is 0 Å². The number of esters is 1. The van der Waals surface area contributed by atoms with Gasteiger partial charge < -0.3 is 18.9 Å². The molecule has 0 radical (unpaired) electrons. The van der Waals surface area contributed by atoms with Gasteiger partial charge in [-0.05, 0) is 48.9 Å². The lowest BCUT2D eigenvalue weighted by atomic mass is 10.1. The molecule has 0 saturated heterocycles. The van der Waals surface area contributed by atoms with Gasteiger partial charge in [0.05, 0.1) is 32.0 Å². The van der Waals surface area contributed by atoms with E-state index in [1.165, 1.54) is 13.2 Å². The summed E-state index contributed by atoms with van der Waals surface area (Å²) in [6.45, 7) is 2.41. The van der Waals surface area contributed by atoms with E-state index in [-0.39, 0.29) is 11.5 Å². The third-order valence-electron chi connectivity index (χ3n) is 3.87. The number of rotatable bonds is 5. The number of carbonyl (C=O) groups is 2. The van der Waals surface area contributed by atoms with Crippen molar-refractivity contribution in [1.82, 2.24) is 0 Å². The minimum Gasteiger partial charge on any atom is -0.493 e. The molecule has 3 rings (SSSR count). The van der Waals surface area contributed by atoms with E-state index in [0.717, 1.165) is 5.56 Å². The average molecular weight is 354 g/mol. The minimum absolute atomic E-state index is 0.174. The predicted molar refractivity (Wildman–Crippen MR) is 94.9 cm³/mol. The van der Waals surface area contributed by atoms with E-state index in [1.807, 2.05) is 6.92 Å². The van der Waals surface area contributed by atoms with Crippen LogP contribution in [0.3, 0.4) is 0 Å². The summed E-state index contributed by atoms with van der Waals surface area (Å²) >= 11 is 0. The Labute approximate surface area is 150 Å². The summed E-state index contributed by atoms with van der Waals surface area (Å²) in [5, 5.41) is 0. The Morgan fingerprint density at radius 1 is 1.12 bits per heavy atom. The zero-order valence-corrected chi connectivity index (χ0v) is 14.7. The maximum absolute atomic E-state index is 12.6. The van der Waals surface area contributed by atoms with Crippen LogP contribution in [0.1, 0.15) is 33.2 Å². The number of Topliss-reactive ketones (excluding diaryl/α,β-unsaturated/α-hetero) is 1. The molecule has 0 aliphatic carbocycles. The molecule has 0 spiro atoms. The molecule has 2 aromatic rings. The summed E-state index contributed by atoms with van der Waals surface area (Å²) in [4.78, 5) is 24.2. The number of ether oxygens (including phenoxy) is 4. The van der Waals surface area contributed by atoms with E-state index in [2.05, 4.69) is 4.74 Å². The molecule has 1 aliphatic rings. The van der Waals surface area contributed by atoms with Crippen LogP contribution in [0, 0.1) is 0 Å². The van der Waals surface area contributed by atoms with Crippen LogP contribution in [0.15, 0.2) is 42.2 Å². The largest absolute Gasteiger partial charge is 0.493 e. The number of hydrogen-bond acceptors (Lipinski definition) is 6. The molecule has 0 amide bonds. The summed E-state index contributed by atoms with van der Waals surface area (Å²) in [5.74, 6) is 0.979. The van der Waals surface area contributed by atoms with Gasteiger partial charge in [-0.1, -0.05) is 6.07 Å². The molecule has 134 valence electrons. The zero-order chi connectivity index (χ0) is 18.7. The van der Waals surface area contributed by atoms with E-state index >= 15 is 0 Å². The maximum Gasteiger partial charge on any atom is 0.337 e. The molecule has 0 bridgehead atoms. The summed E-state index contributed by atoms with van der Waals surface area (Å²) in [6, 6.07) is 9.96. The molecule has 2 aromatic carbocycles. The van der Waals surface area contributed by atoms with Gasteiger partial charge in [0, 0.05) is 0 Å². The molecule has 0 fully saturated rings. The van der Waals surface area contributed by atoms with Gasteiger partial charge in [0.2, 0.25) is 5.78 Å². The first-order chi connectivity index (χ1) is 12.6. The summed E-state index contributed by atoms with van der Waals surface area (Å²) in [6.07, 6.45) is 1.62. The highest BCUT2D eigenvalue weighted by atomic mass is 16.5. The normalized spacial score (nSPS) is 14.0. The Kier molecular flexibility index (Phi) is 4.93. The van der Waals surface area contributed by atoms with Crippen molar-refractivity contribution in [3.05, 3.63) is 58.8 Å². The van der Waals surface area contributed by atoms with Crippen LogP contribution in [-0.4, -0.2) is 32.6 Å². The lowest BCUT2D eigenvalue weighted by Gasteiger charge is -2.09. The standard InChI is InChI=1S/C20H18O6/c1-4-25-16-7-5-12(9-17(16)23-2)10-18-19(21)14-11-13(20(22)24-3)6-8-15(14)26-18/h5-11H,4H2,1-3H3/b18-10-. The fourth-order valence-corrected chi connectivity index (χ4v) is 2.63. The summed E-state index contributed by atoms with van der Waals surface area (Å²) < 4.78 is 21.1. The van der Waals surface area contributed by atoms with Crippen molar-refractivity contribution in [3.63, 3.8) is 0 Å². The van der Waals surface area contributed by atoms with E-state index < -0.39 is 5.97 Å². The Hall–Kier alpha value is -3.28. The van der Waals surface area contributed by atoms with Crippen LogP contribution < -0.4 is 14.2 Å². The van der Waals surface area contributed by atoms with Gasteiger partial charge in [-0.15, -0.1) is 0 Å². The molecule has 1 aliphatic heterocycles. The molecule has 0 atom stereocenters. The molecule has 0 N–H and O–H groups in total. The van der Waals surface area contributed by atoms with Crippen LogP contribution >= 0.6 is 0 Å². The second-order valence-electron chi connectivity index (χ2n) is 5.49. The van der Waals surface area contributed by atoms with Crippen molar-refractivity contribution < 1.29 is 28.5 Å². The maximum atomic E-state index is 12.6. The van der Waals surface area contributed by atoms with E-state index in [9.17, 15) is 9.59 Å². The van der Waals surface area contributed by atoms with Crippen molar-refractivity contribution in [2.75, 3.05) is 20.8 Å². The summed E-state index contributed by atoms with van der Waals surface area (Å²) in [7, 11) is 2.84. The van der Waals surface area contributed by atoms with Crippen molar-refractivity contribution in [3.8, 4) is 17.2 Å².